The molecule has 1 atom stereocenters. The molecule has 3 rings (SSSR count). The summed E-state index contributed by atoms with van der Waals surface area (Å²) < 4.78 is 5.90. The van der Waals surface area contributed by atoms with E-state index in [9.17, 15) is 0 Å². The molecule has 2 aromatic rings. The Bertz CT molecular complexity index is 639. The predicted octanol–water partition coefficient (Wildman–Crippen LogP) is 1.75. The Morgan fingerprint density at radius 2 is 2.26 bits per heavy atom. The summed E-state index contributed by atoms with van der Waals surface area (Å²) in [6.45, 7) is 6.23. The molecular weight excluding hydrogens is 290 g/mol. The SMILES string of the molecule is Cc1cccc(CN2CCO[C@@H](c3ncc(CN(C)C)[nH]3)C2)n1. The van der Waals surface area contributed by atoms with Crippen LogP contribution in [0.3, 0.4) is 0 Å². The van der Waals surface area contributed by atoms with Gasteiger partial charge < -0.3 is 14.6 Å². The van der Waals surface area contributed by atoms with Crippen LogP contribution in [0.1, 0.15) is 29.0 Å². The van der Waals surface area contributed by atoms with E-state index in [4.69, 9.17) is 4.74 Å². The molecule has 1 aliphatic rings. The van der Waals surface area contributed by atoms with Gasteiger partial charge in [0.25, 0.3) is 0 Å². The first-order valence-electron chi connectivity index (χ1n) is 8.05. The van der Waals surface area contributed by atoms with Crippen LogP contribution in [0, 0.1) is 6.92 Å². The van der Waals surface area contributed by atoms with Gasteiger partial charge >= 0.3 is 0 Å². The molecule has 1 fully saturated rings. The van der Waals surface area contributed by atoms with E-state index >= 15 is 0 Å². The molecule has 23 heavy (non-hydrogen) atoms. The zero-order chi connectivity index (χ0) is 16.2. The summed E-state index contributed by atoms with van der Waals surface area (Å²) in [5.41, 5.74) is 3.29. The second-order valence-electron chi connectivity index (χ2n) is 6.40. The molecule has 1 saturated heterocycles. The number of hydrogen-bond acceptors (Lipinski definition) is 5. The van der Waals surface area contributed by atoms with Crippen LogP contribution >= 0.6 is 0 Å². The van der Waals surface area contributed by atoms with Gasteiger partial charge in [-0.3, -0.25) is 9.88 Å². The van der Waals surface area contributed by atoms with Gasteiger partial charge in [-0.05, 0) is 33.2 Å². The summed E-state index contributed by atoms with van der Waals surface area (Å²) in [6.07, 6.45) is 1.91. The van der Waals surface area contributed by atoms with E-state index in [1.807, 2.05) is 33.3 Å². The van der Waals surface area contributed by atoms with Gasteiger partial charge in [-0.15, -0.1) is 0 Å². The molecule has 1 N–H and O–H groups in total. The molecular formula is C17H25N5O. The fraction of sp³-hybridized carbons (Fsp3) is 0.529. The highest BCUT2D eigenvalue weighted by molar-refractivity contribution is 5.10. The lowest BCUT2D eigenvalue weighted by atomic mass is 10.2. The highest BCUT2D eigenvalue weighted by Crippen LogP contribution is 2.21. The summed E-state index contributed by atoms with van der Waals surface area (Å²) in [5.74, 6) is 0.920. The first-order chi connectivity index (χ1) is 11.1. The molecule has 124 valence electrons. The standard InChI is InChI=1S/C17H25N5O/c1-13-5-4-6-14(19-13)11-22-7-8-23-16(12-22)17-18-9-15(20-17)10-21(2)3/h4-6,9,16H,7-8,10-12H2,1-3H3,(H,18,20)/t16-/m1/s1. The number of aromatic amines is 1. The van der Waals surface area contributed by atoms with Gasteiger partial charge in [-0.1, -0.05) is 6.07 Å². The van der Waals surface area contributed by atoms with Crippen LogP contribution in [-0.4, -0.2) is 58.5 Å². The number of H-pyrrole nitrogens is 1. The van der Waals surface area contributed by atoms with Gasteiger partial charge in [0.2, 0.25) is 0 Å². The molecule has 0 aliphatic carbocycles. The number of rotatable bonds is 5. The molecule has 0 aromatic carbocycles. The topological polar surface area (TPSA) is 57.3 Å². The molecule has 0 radical (unpaired) electrons. The van der Waals surface area contributed by atoms with E-state index < -0.39 is 0 Å². The molecule has 1 aliphatic heterocycles. The van der Waals surface area contributed by atoms with Crippen molar-refractivity contribution >= 4 is 0 Å². The second-order valence-corrected chi connectivity index (χ2v) is 6.40. The van der Waals surface area contributed by atoms with Gasteiger partial charge in [-0.2, -0.15) is 0 Å². The predicted molar refractivity (Wildman–Crippen MR) is 88.9 cm³/mol. The normalized spacial score (nSPS) is 19.4. The van der Waals surface area contributed by atoms with Crippen molar-refractivity contribution in [3.05, 3.63) is 47.3 Å². The maximum Gasteiger partial charge on any atom is 0.136 e. The molecule has 0 bridgehead atoms. The number of imidazole rings is 1. The molecule has 6 nitrogen and oxygen atoms in total. The third-order valence-electron chi connectivity index (χ3n) is 3.92. The van der Waals surface area contributed by atoms with Crippen LogP contribution in [0.2, 0.25) is 0 Å². The number of hydrogen-bond donors (Lipinski definition) is 1. The Hall–Kier alpha value is -1.76. The molecule has 0 amide bonds. The maximum absolute atomic E-state index is 5.90. The van der Waals surface area contributed by atoms with Gasteiger partial charge in [-0.25, -0.2) is 4.98 Å². The minimum Gasteiger partial charge on any atom is -0.368 e. The van der Waals surface area contributed by atoms with Gasteiger partial charge in [0.05, 0.1) is 12.3 Å². The smallest absolute Gasteiger partial charge is 0.136 e. The lowest BCUT2D eigenvalue weighted by molar-refractivity contribution is -0.0372. The number of nitrogens with one attached hydrogen (secondary N) is 1. The first kappa shape index (κ1) is 16.1. The average Bonchev–Trinajstić information content (AvgIpc) is 2.95. The van der Waals surface area contributed by atoms with Crippen molar-refractivity contribution in [2.24, 2.45) is 0 Å². The van der Waals surface area contributed by atoms with Gasteiger partial charge in [0.15, 0.2) is 0 Å². The van der Waals surface area contributed by atoms with Gasteiger partial charge in [0.1, 0.15) is 11.9 Å². The van der Waals surface area contributed by atoms with Crippen LogP contribution in [-0.2, 0) is 17.8 Å². The maximum atomic E-state index is 5.90. The molecule has 0 saturated carbocycles. The summed E-state index contributed by atoms with van der Waals surface area (Å²) >= 11 is 0. The number of pyridine rings is 1. The van der Waals surface area contributed by atoms with E-state index in [2.05, 4.69) is 36.9 Å². The van der Waals surface area contributed by atoms with Crippen LogP contribution in [0.5, 0.6) is 0 Å². The molecule has 2 aromatic heterocycles. The van der Waals surface area contributed by atoms with Crippen LogP contribution in [0.15, 0.2) is 24.4 Å². The summed E-state index contributed by atoms with van der Waals surface area (Å²) in [7, 11) is 4.10. The quantitative estimate of drug-likeness (QED) is 0.911. The van der Waals surface area contributed by atoms with Crippen molar-refractivity contribution in [3.63, 3.8) is 0 Å². The summed E-state index contributed by atoms with van der Waals surface area (Å²) in [5, 5.41) is 0. The van der Waals surface area contributed by atoms with Crippen LogP contribution < -0.4 is 0 Å². The lowest BCUT2D eigenvalue weighted by Gasteiger charge is -2.31. The number of aryl methyl sites for hydroxylation is 1. The Morgan fingerprint density at radius 3 is 3.04 bits per heavy atom. The molecule has 3 heterocycles. The fourth-order valence-electron chi connectivity index (χ4n) is 2.89. The van der Waals surface area contributed by atoms with E-state index in [1.54, 1.807) is 0 Å². The molecule has 0 spiro atoms. The van der Waals surface area contributed by atoms with Crippen LogP contribution in [0.25, 0.3) is 0 Å². The van der Waals surface area contributed by atoms with Crippen molar-refractivity contribution < 1.29 is 4.74 Å². The van der Waals surface area contributed by atoms with Crippen molar-refractivity contribution in [3.8, 4) is 0 Å². The number of ether oxygens (including phenoxy) is 1. The van der Waals surface area contributed by atoms with Crippen molar-refractivity contribution in [1.29, 1.82) is 0 Å². The summed E-state index contributed by atoms with van der Waals surface area (Å²) in [6, 6.07) is 6.18. The van der Waals surface area contributed by atoms with E-state index in [-0.39, 0.29) is 6.10 Å². The van der Waals surface area contributed by atoms with Crippen molar-refractivity contribution in [2.75, 3.05) is 33.8 Å². The van der Waals surface area contributed by atoms with E-state index in [0.29, 0.717) is 0 Å². The third-order valence-corrected chi connectivity index (χ3v) is 3.92. The lowest BCUT2D eigenvalue weighted by Crippen LogP contribution is -2.38. The minimum atomic E-state index is 0.00414. The van der Waals surface area contributed by atoms with Gasteiger partial charge in [0, 0.05) is 43.8 Å². The Labute approximate surface area is 137 Å². The van der Waals surface area contributed by atoms with Crippen LogP contribution in [0.4, 0.5) is 0 Å². The van der Waals surface area contributed by atoms with E-state index in [1.165, 1.54) is 0 Å². The first-order valence-corrected chi connectivity index (χ1v) is 8.05. The average molecular weight is 315 g/mol. The number of aromatic nitrogens is 3. The zero-order valence-electron chi connectivity index (χ0n) is 14.1. The van der Waals surface area contributed by atoms with Crippen molar-refractivity contribution in [2.45, 2.75) is 26.1 Å². The fourth-order valence-corrected chi connectivity index (χ4v) is 2.89. The second kappa shape index (κ2) is 7.21. The highest BCUT2D eigenvalue weighted by atomic mass is 16.5. The Balaban J connectivity index is 1.62. The molecule has 0 unspecified atom stereocenters. The monoisotopic (exact) mass is 315 g/mol. The Morgan fingerprint density at radius 1 is 1.39 bits per heavy atom. The Kier molecular flexibility index (Phi) is 5.05. The minimum absolute atomic E-state index is 0.00414. The van der Waals surface area contributed by atoms with E-state index in [0.717, 1.165) is 55.7 Å². The number of morpholine rings is 1. The zero-order valence-corrected chi connectivity index (χ0v) is 14.1. The highest BCUT2D eigenvalue weighted by Gasteiger charge is 2.24. The molecule has 6 heteroatoms. The number of nitrogens with zero attached hydrogens (tertiary/aromatic N) is 4. The van der Waals surface area contributed by atoms with Crippen molar-refractivity contribution in [1.82, 2.24) is 24.8 Å². The largest absolute Gasteiger partial charge is 0.368 e. The third kappa shape index (κ3) is 4.37. The summed E-state index contributed by atoms with van der Waals surface area (Å²) in [4.78, 5) is 17.0.